The Morgan fingerprint density at radius 1 is 1.18 bits per heavy atom. The van der Waals surface area contributed by atoms with E-state index in [0.29, 0.717) is 28.1 Å². The molecule has 142 valence electrons. The van der Waals surface area contributed by atoms with Crippen molar-refractivity contribution in [3.8, 4) is 16.9 Å². The maximum Gasteiger partial charge on any atom is 0.227 e. The molecule has 28 heavy (non-hydrogen) atoms. The van der Waals surface area contributed by atoms with E-state index in [0.717, 1.165) is 16.5 Å². The van der Waals surface area contributed by atoms with Gasteiger partial charge in [-0.1, -0.05) is 17.7 Å². The molecule has 1 aromatic carbocycles. The molecule has 0 unspecified atom stereocenters. The maximum atomic E-state index is 9.14. The highest BCUT2D eigenvalue weighted by atomic mass is 35.5. The van der Waals surface area contributed by atoms with E-state index in [2.05, 4.69) is 25.4 Å². The molecular weight excluding hydrogens is 380 g/mol. The van der Waals surface area contributed by atoms with Crippen LogP contribution < -0.4 is 10.1 Å². The second-order valence-electron chi connectivity index (χ2n) is 6.04. The van der Waals surface area contributed by atoms with E-state index >= 15 is 0 Å². The van der Waals surface area contributed by atoms with Crippen molar-refractivity contribution < 1.29 is 9.84 Å². The van der Waals surface area contributed by atoms with E-state index in [1.807, 2.05) is 31.4 Å². The smallest absolute Gasteiger partial charge is 0.227 e. The highest BCUT2D eigenvalue weighted by Gasteiger charge is 2.11. The molecule has 3 aromatic heterocycles. The van der Waals surface area contributed by atoms with Crippen molar-refractivity contribution in [2.45, 2.75) is 0 Å². The van der Waals surface area contributed by atoms with Crippen LogP contribution in [0.25, 0.3) is 22.0 Å². The molecule has 2 N–H and O–H groups in total. The standard InChI is InChI=1S/C19H17ClN6O2/c1-26-11-14(10-23-26)12-2-3-15(16(8-12)28-7-6-27)24-19-22-9-13-4-5-21-18(20)17(13)25-19/h2-5,8-11,27H,6-7H2,1H3,(H,22,24,25). The summed E-state index contributed by atoms with van der Waals surface area (Å²) in [6, 6.07) is 7.49. The molecule has 8 nitrogen and oxygen atoms in total. The molecule has 0 aliphatic rings. The van der Waals surface area contributed by atoms with Gasteiger partial charge in [-0.3, -0.25) is 4.68 Å². The van der Waals surface area contributed by atoms with Crippen molar-refractivity contribution in [3.05, 3.63) is 54.2 Å². The number of ether oxygens (including phenoxy) is 1. The summed E-state index contributed by atoms with van der Waals surface area (Å²) < 4.78 is 7.44. The Balaban J connectivity index is 1.69. The Morgan fingerprint density at radius 2 is 2.07 bits per heavy atom. The van der Waals surface area contributed by atoms with Gasteiger partial charge in [0.05, 0.1) is 18.5 Å². The number of aryl methyl sites for hydroxylation is 1. The van der Waals surface area contributed by atoms with Crippen LogP contribution >= 0.6 is 11.6 Å². The largest absolute Gasteiger partial charge is 0.489 e. The van der Waals surface area contributed by atoms with Crippen molar-refractivity contribution in [2.75, 3.05) is 18.5 Å². The first kappa shape index (κ1) is 18.1. The second kappa shape index (κ2) is 7.79. The Hall–Kier alpha value is -3.23. The molecule has 0 aliphatic heterocycles. The number of hydrogen-bond donors (Lipinski definition) is 2. The molecule has 0 spiro atoms. The monoisotopic (exact) mass is 396 g/mol. The minimum Gasteiger partial charge on any atom is -0.489 e. The lowest BCUT2D eigenvalue weighted by molar-refractivity contribution is 0.202. The number of halogens is 1. The predicted molar refractivity (Wildman–Crippen MR) is 107 cm³/mol. The minimum atomic E-state index is -0.0929. The average Bonchev–Trinajstić information content (AvgIpc) is 3.14. The van der Waals surface area contributed by atoms with Crippen molar-refractivity contribution in [1.82, 2.24) is 24.7 Å². The van der Waals surface area contributed by atoms with Crippen LogP contribution in [0.2, 0.25) is 5.15 Å². The number of aromatic nitrogens is 5. The lowest BCUT2D eigenvalue weighted by Gasteiger charge is -2.13. The highest BCUT2D eigenvalue weighted by Crippen LogP contribution is 2.32. The summed E-state index contributed by atoms with van der Waals surface area (Å²) >= 11 is 6.13. The minimum absolute atomic E-state index is 0.0929. The number of hydrogen-bond acceptors (Lipinski definition) is 7. The summed E-state index contributed by atoms with van der Waals surface area (Å²) in [5.74, 6) is 0.932. The van der Waals surface area contributed by atoms with Crippen LogP contribution in [0.1, 0.15) is 0 Å². The van der Waals surface area contributed by atoms with Gasteiger partial charge in [-0.2, -0.15) is 5.10 Å². The first-order valence-corrected chi connectivity index (χ1v) is 8.93. The lowest BCUT2D eigenvalue weighted by atomic mass is 10.1. The van der Waals surface area contributed by atoms with Gasteiger partial charge in [0.25, 0.3) is 0 Å². The highest BCUT2D eigenvalue weighted by molar-refractivity contribution is 6.33. The molecule has 4 aromatic rings. The van der Waals surface area contributed by atoms with Gasteiger partial charge in [0, 0.05) is 36.6 Å². The predicted octanol–water partition coefficient (Wildman–Crippen LogP) is 3.19. The maximum absolute atomic E-state index is 9.14. The van der Waals surface area contributed by atoms with E-state index < -0.39 is 0 Å². The summed E-state index contributed by atoms with van der Waals surface area (Å²) in [5, 5.41) is 17.6. The second-order valence-corrected chi connectivity index (χ2v) is 6.40. The van der Waals surface area contributed by atoms with Gasteiger partial charge in [0.1, 0.15) is 17.9 Å². The zero-order valence-electron chi connectivity index (χ0n) is 15.0. The van der Waals surface area contributed by atoms with Crippen molar-refractivity contribution in [3.63, 3.8) is 0 Å². The summed E-state index contributed by atoms with van der Waals surface area (Å²) in [6.45, 7) is 0.0732. The quantitative estimate of drug-likeness (QED) is 0.483. The Kier molecular flexibility index (Phi) is 5.05. The zero-order chi connectivity index (χ0) is 19.5. The molecule has 0 atom stereocenters. The number of aliphatic hydroxyl groups is 1. The third-order valence-electron chi connectivity index (χ3n) is 4.07. The number of rotatable bonds is 6. The Labute approximate surface area is 165 Å². The molecule has 0 bridgehead atoms. The van der Waals surface area contributed by atoms with Crippen LogP contribution in [0.15, 0.2) is 49.1 Å². The van der Waals surface area contributed by atoms with Crippen LogP contribution in [-0.2, 0) is 7.05 Å². The van der Waals surface area contributed by atoms with E-state index in [-0.39, 0.29) is 13.2 Å². The number of anilines is 2. The number of fused-ring (bicyclic) bond motifs is 1. The van der Waals surface area contributed by atoms with Gasteiger partial charge in [0.2, 0.25) is 5.95 Å². The fraction of sp³-hybridized carbons (Fsp3) is 0.158. The zero-order valence-corrected chi connectivity index (χ0v) is 15.8. The summed E-state index contributed by atoms with van der Waals surface area (Å²) in [5.41, 5.74) is 3.13. The van der Waals surface area contributed by atoms with Crippen molar-refractivity contribution >= 4 is 34.1 Å². The fourth-order valence-corrected chi connectivity index (χ4v) is 2.96. The van der Waals surface area contributed by atoms with E-state index in [4.69, 9.17) is 21.4 Å². The molecule has 0 amide bonds. The average molecular weight is 397 g/mol. The summed E-state index contributed by atoms with van der Waals surface area (Å²) in [4.78, 5) is 12.8. The summed E-state index contributed by atoms with van der Waals surface area (Å²) in [6.07, 6.45) is 6.98. The number of nitrogens with one attached hydrogen (secondary N) is 1. The van der Waals surface area contributed by atoms with Gasteiger partial charge in [0.15, 0.2) is 5.15 Å². The van der Waals surface area contributed by atoms with E-state index in [1.54, 1.807) is 29.3 Å². The van der Waals surface area contributed by atoms with Gasteiger partial charge in [-0.25, -0.2) is 15.0 Å². The number of nitrogens with zero attached hydrogens (tertiary/aromatic N) is 5. The van der Waals surface area contributed by atoms with Crippen LogP contribution in [0.5, 0.6) is 5.75 Å². The molecule has 0 aliphatic carbocycles. The Bertz CT molecular complexity index is 1130. The van der Waals surface area contributed by atoms with E-state index in [9.17, 15) is 0 Å². The van der Waals surface area contributed by atoms with Gasteiger partial charge in [-0.05, 0) is 23.8 Å². The molecule has 0 saturated carbocycles. The molecule has 3 heterocycles. The first-order valence-electron chi connectivity index (χ1n) is 8.55. The summed E-state index contributed by atoms with van der Waals surface area (Å²) in [7, 11) is 1.86. The van der Waals surface area contributed by atoms with Crippen LogP contribution in [0, 0.1) is 0 Å². The lowest BCUT2D eigenvalue weighted by Crippen LogP contribution is -2.05. The first-order chi connectivity index (χ1) is 13.6. The third kappa shape index (κ3) is 3.73. The van der Waals surface area contributed by atoms with E-state index in [1.165, 1.54) is 0 Å². The topological polar surface area (TPSA) is 98.0 Å². The van der Waals surface area contributed by atoms with Gasteiger partial charge < -0.3 is 15.2 Å². The van der Waals surface area contributed by atoms with Crippen LogP contribution in [0.4, 0.5) is 11.6 Å². The molecule has 0 radical (unpaired) electrons. The molecular formula is C19H17ClN6O2. The molecule has 0 saturated heterocycles. The number of pyridine rings is 1. The van der Waals surface area contributed by atoms with Gasteiger partial charge in [-0.15, -0.1) is 0 Å². The molecule has 4 rings (SSSR count). The third-order valence-corrected chi connectivity index (χ3v) is 4.35. The van der Waals surface area contributed by atoms with Gasteiger partial charge >= 0.3 is 0 Å². The van der Waals surface area contributed by atoms with Crippen molar-refractivity contribution in [2.24, 2.45) is 7.05 Å². The number of aliphatic hydroxyl groups excluding tert-OH is 1. The molecule has 9 heteroatoms. The Morgan fingerprint density at radius 3 is 2.86 bits per heavy atom. The number of benzene rings is 1. The SMILES string of the molecule is Cn1cc(-c2ccc(Nc3ncc4ccnc(Cl)c4n3)c(OCCO)c2)cn1. The fourth-order valence-electron chi connectivity index (χ4n) is 2.75. The normalized spacial score (nSPS) is 11.0. The van der Waals surface area contributed by atoms with Crippen LogP contribution in [0.3, 0.4) is 0 Å². The van der Waals surface area contributed by atoms with Crippen molar-refractivity contribution in [1.29, 1.82) is 0 Å². The molecule has 0 fully saturated rings. The van der Waals surface area contributed by atoms with Crippen LogP contribution in [-0.4, -0.2) is 43.1 Å².